The van der Waals surface area contributed by atoms with E-state index in [1.807, 2.05) is 70.5 Å². The topological polar surface area (TPSA) is 40.6 Å². The van der Waals surface area contributed by atoms with E-state index in [0.717, 1.165) is 20.1 Å². The molecule has 0 saturated heterocycles. The molecule has 6 rings (SSSR count). The second-order valence-electron chi connectivity index (χ2n) is 10.7. The second-order valence-corrected chi connectivity index (χ2v) is 13.4. The van der Waals surface area contributed by atoms with E-state index < -0.39 is 0 Å². The molecule has 0 saturated carbocycles. The minimum atomic E-state index is -0.0347. The van der Waals surface area contributed by atoms with E-state index in [2.05, 4.69) is 69.3 Å². The van der Waals surface area contributed by atoms with Gasteiger partial charge < -0.3 is 9.80 Å². The van der Waals surface area contributed by atoms with Crippen LogP contribution in [0.3, 0.4) is 0 Å². The summed E-state index contributed by atoms with van der Waals surface area (Å²) in [6.45, 7) is 9.74. The number of hydrogen-bond donors (Lipinski definition) is 0. The molecule has 0 radical (unpaired) electrons. The Kier molecular flexibility index (Phi) is 10.5. The maximum atomic E-state index is 12.1. The molecule has 2 amide bonds. The van der Waals surface area contributed by atoms with Crippen LogP contribution in [0.5, 0.6) is 0 Å². The summed E-state index contributed by atoms with van der Waals surface area (Å²) in [6.07, 6.45) is 2.76. The molecule has 2 aliphatic heterocycles. The first-order valence-corrected chi connectivity index (χ1v) is 16.4. The quantitative estimate of drug-likeness (QED) is 0.195. The fourth-order valence-electron chi connectivity index (χ4n) is 5.80. The maximum absolute atomic E-state index is 12.1. The fraction of sp³-hybridized carbons (Fsp3) is 0.167. The lowest BCUT2D eigenvalue weighted by Gasteiger charge is -2.34. The van der Waals surface area contributed by atoms with Gasteiger partial charge in [-0.2, -0.15) is 0 Å². The zero-order valence-electron chi connectivity index (χ0n) is 23.9. The molecular weight excluding hydrogens is 723 g/mol. The lowest BCUT2D eigenvalue weighted by Crippen LogP contribution is -2.37. The van der Waals surface area contributed by atoms with E-state index in [9.17, 15) is 9.59 Å². The van der Waals surface area contributed by atoms with Crippen molar-refractivity contribution in [3.63, 3.8) is 0 Å². The van der Waals surface area contributed by atoms with Gasteiger partial charge in [0.05, 0.1) is 0 Å². The molecule has 0 aromatic heterocycles. The fourth-order valence-corrected chi connectivity index (χ4v) is 6.81. The summed E-state index contributed by atoms with van der Waals surface area (Å²) >= 11 is 19.1. The molecule has 0 spiro atoms. The summed E-state index contributed by atoms with van der Waals surface area (Å²) in [6, 6.07) is 28.1. The van der Waals surface area contributed by atoms with Gasteiger partial charge in [-0.1, -0.05) is 105 Å². The van der Waals surface area contributed by atoms with Gasteiger partial charge in [0.25, 0.3) is 0 Å². The maximum Gasteiger partial charge on any atom is 0.246 e. The summed E-state index contributed by atoms with van der Waals surface area (Å²) in [7, 11) is 0. The molecule has 224 valence electrons. The first-order chi connectivity index (χ1) is 21.2. The molecule has 0 N–H and O–H groups in total. The minimum absolute atomic E-state index is 0.0347. The van der Waals surface area contributed by atoms with Gasteiger partial charge in [0.2, 0.25) is 11.8 Å². The Morgan fingerprint density at radius 2 is 1.00 bits per heavy atom. The van der Waals surface area contributed by atoms with Crippen LogP contribution in [-0.2, 0) is 22.7 Å². The molecule has 8 heteroatoms. The third-order valence-corrected chi connectivity index (χ3v) is 9.50. The standard InChI is InChI=1S/2C18H15BrClNO/c2*1-2-18(22)21-10-13-3-6-14(19)9-16(13)17(11-21)12-4-7-15(20)8-5-12/h2*2-9,17H,1,10-11H2/t2*17-/m10/s1. The highest BCUT2D eigenvalue weighted by Gasteiger charge is 2.29. The Labute approximate surface area is 285 Å². The molecule has 4 nitrogen and oxygen atoms in total. The van der Waals surface area contributed by atoms with Gasteiger partial charge in [0, 0.05) is 57.0 Å². The molecule has 2 aliphatic rings. The van der Waals surface area contributed by atoms with Crippen LogP contribution in [0, 0.1) is 0 Å². The SMILES string of the molecule is C=CC(=O)N1Cc2ccc(Br)cc2[C@@H](c2ccc(Cl)cc2)C1.C=CC(=O)N1Cc2ccc(Br)cc2[C@H](c2ccc(Cl)cc2)C1. The zero-order chi connectivity index (χ0) is 31.4. The van der Waals surface area contributed by atoms with Crippen molar-refractivity contribution in [3.8, 4) is 0 Å². The average Bonchev–Trinajstić information content (AvgIpc) is 3.04. The smallest absolute Gasteiger partial charge is 0.246 e. The molecule has 0 bridgehead atoms. The Morgan fingerprint density at radius 3 is 1.34 bits per heavy atom. The Hall–Kier alpha value is -3.16. The number of halogens is 4. The molecule has 0 unspecified atom stereocenters. The summed E-state index contributed by atoms with van der Waals surface area (Å²) in [5.41, 5.74) is 7.17. The van der Waals surface area contributed by atoms with Gasteiger partial charge in [-0.15, -0.1) is 0 Å². The number of carbonyl (C=O) groups is 2. The first kappa shape index (κ1) is 32.2. The molecular formula is C36H30Br2Cl2N2O2. The van der Waals surface area contributed by atoms with E-state index in [-0.39, 0.29) is 23.7 Å². The highest BCUT2D eigenvalue weighted by atomic mass is 79.9. The predicted molar refractivity (Wildman–Crippen MR) is 186 cm³/mol. The van der Waals surface area contributed by atoms with Crippen LogP contribution in [0.4, 0.5) is 0 Å². The summed E-state index contributed by atoms with van der Waals surface area (Å²) < 4.78 is 2.10. The summed E-state index contributed by atoms with van der Waals surface area (Å²) in [5, 5.41) is 1.43. The van der Waals surface area contributed by atoms with Crippen molar-refractivity contribution in [3.05, 3.63) is 163 Å². The third kappa shape index (κ3) is 7.37. The highest BCUT2D eigenvalue weighted by molar-refractivity contribution is 9.10. The van der Waals surface area contributed by atoms with E-state index in [1.165, 1.54) is 34.4 Å². The van der Waals surface area contributed by atoms with Crippen molar-refractivity contribution in [1.29, 1.82) is 0 Å². The van der Waals surface area contributed by atoms with Crippen molar-refractivity contribution in [2.45, 2.75) is 24.9 Å². The Balaban J connectivity index is 0.000000175. The number of hydrogen-bond acceptors (Lipinski definition) is 2. The van der Waals surface area contributed by atoms with Gasteiger partial charge in [0.1, 0.15) is 0 Å². The lowest BCUT2D eigenvalue weighted by molar-refractivity contribution is -0.127. The lowest BCUT2D eigenvalue weighted by atomic mass is 9.84. The molecule has 44 heavy (non-hydrogen) atoms. The van der Waals surface area contributed by atoms with Gasteiger partial charge >= 0.3 is 0 Å². The largest absolute Gasteiger partial charge is 0.334 e. The first-order valence-electron chi connectivity index (χ1n) is 14.1. The predicted octanol–water partition coefficient (Wildman–Crippen LogP) is 9.53. The van der Waals surface area contributed by atoms with Crippen LogP contribution in [0.15, 0.2) is 119 Å². The number of rotatable bonds is 4. The van der Waals surface area contributed by atoms with Crippen LogP contribution >= 0.6 is 55.1 Å². The van der Waals surface area contributed by atoms with Gasteiger partial charge in [-0.3, -0.25) is 9.59 Å². The van der Waals surface area contributed by atoms with Crippen LogP contribution < -0.4 is 0 Å². The molecule has 0 aliphatic carbocycles. The van der Waals surface area contributed by atoms with Crippen molar-refractivity contribution in [2.24, 2.45) is 0 Å². The zero-order valence-corrected chi connectivity index (χ0v) is 28.5. The van der Waals surface area contributed by atoms with Crippen LogP contribution in [0.2, 0.25) is 10.0 Å². The van der Waals surface area contributed by atoms with Gasteiger partial charge in [-0.05, 0) is 94.1 Å². The van der Waals surface area contributed by atoms with Gasteiger partial charge in [-0.25, -0.2) is 0 Å². The van der Waals surface area contributed by atoms with Crippen molar-refractivity contribution < 1.29 is 9.59 Å². The number of nitrogens with zero attached hydrogens (tertiary/aromatic N) is 2. The molecule has 4 aromatic rings. The normalized spacial score (nSPS) is 17.0. The average molecular weight is 753 g/mol. The Bertz CT molecular complexity index is 1580. The van der Waals surface area contributed by atoms with E-state index >= 15 is 0 Å². The molecule has 0 fully saturated rings. The van der Waals surface area contributed by atoms with Crippen molar-refractivity contribution in [2.75, 3.05) is 13.1 Å². The highest BCUT2D eigenvalue weighted by Crippen LogP contribution is 2.37. The molecule has 2 atom stereocenters. The Morgan fingerprint density at radius 1 is 0.636 bits per heavy atom. The van der Waals surface area contributed by atoms with E-state index in [0.29, 0.717) is 36.2 Å². The van der Waals surface area contributed by atoms with Crippen LogP contribution in [0.25, 0.3) is 0 Å². The summed E-state index contributed by atoms with van der Waals surface area (Å²) in [5.74, 6) is 0.213. The van der Waals surface area contributed by atoms with Crippen molar-refractivity contribution >= 4 is 66.9 Å². The molecule has 4 aromatic carbocycles. The number of benzene rings is 4. The number of fused-ring (bicyclic) bond motifs is 2. The second kappa shape index (κ2) is 14.3. The minimum Gasteiger partial charge on any atom is -0.334 e. The van der Waals surface area contributed by atoms with Crippen LogP contribution in [-0.4, -0.2) is 34.7 Å². The molecule has 2 heterocycles. The number of amides is 2. The van der Waals surface area contributed by atoms with Gasteiger partial charge in [0.15, 0.2) is 0 Å². The van der Waals surface area contributed by atoms with Crippen molar-refractivity contribution in [1.82, 2.24) is 9.80 Å². The summed E-state index contributed by atoms with van der Waals surface area (Å²) in [4.78, 5) is 27.8. The number of carbonyl (C=O) groups excluding carboxylic acids is 2. The monoisotopic (exact) mass is 750 g/mol. The van der Waals surface area contributed by atoms with E-state index in [4.69, 9.17) is 23.2 Å². The van der Waals surface area contributed by atoms with Crippen LogP contribution in [0.1, 0.15) is 45.2 Å². The third-order valence-electron chi connectivity index (χ3n) is 8.01. The van der Waals surface area contributed by atoms with E-state index in [1.54, 1.807) is 0 Å².